The maximum atomic E-state index is 14.2. The summed E-state index contributed by atoms with van der Waals surface area (Å²) in [6.07, 6.45) is -7.74. The number of nitrogens with one attached hydrogen (secondary N) is 1. The maximum absolute atomic E-state index is 14.2. The molecule has 42 heavy (non-hydrogen) atoms. The number of amides is 1. The number of carbonyl (C=O) groups is 2. The van der Waals surface area contributed by atoms with Crippen molar-refractivity contribution >= 4 is 35.4 Å². The molecule has 0 saturated carbocycles. The van der Waals surface area contributed by atoms with E-state index < -0.39 is 45.8 Å². The number of carbonyl (C=O) groups excluding carboxylic acids is 1. The van der Waals surface area contributed by atoms with Gasteiger partial charge >= 0.3 is 18.3 Å². The SMILES string of the molecule is O=C(O)CN1CCC(Nc2cccc(Sc3ccc(/C=C/C(=O)N4CCOCC4)c(C(F)(F)F)c3C(F)(F)F)c2)CC1. The number of morpholine rings is 1. The largest absolute Gasteiger partial charge is 0.480 e. The van der Waals surface area contributed by atoms with Crippen LogP contribution < -0.4 is 5.32 Å². The molecule has 2 heterocycles. The third kappa shape index (κ3) is 8.42. The number of carboxylic acid groups (broad SMARTS) is 1. The Bertz CT molecular complexity index is 1300. The molecule has 0 spiro atoms. The monoisotopic (exact) mass is 617 g/mol. The van der Waals surface area contributed by atoms with Crippen LogP contribution in [0.15, 0.2) is 52.3 Å². The van der Waals surface area contributed by atoms with E-state index >= 15 is 0 Å². The normalized spacial score (nSPS) is 17.5. The van der Waals surface area contributed by atoms with E-state index in [2.05, 4.69) is 5.32 Å². The Kier molecular flexibility index (Phi) is 10.1. The van der Waals surface area contributed by atoms with Crippen LogP contribution in [0.25, 0.3) is 6.08 Å². The summed E-state index contributed by atoms with van der Waals surface area (Å²) >= 11 is 0.564. The number of hydrogen-bond acceptors (Lipinski definition) is 6. The molecule has 4 rings (SSSR count). The summed E-state index contributed by atoms with van der Waals surface area (Å²) < 4.78 is 90.3. The predicted molar refractivity (Wildman–Crippen MR) is 144 cm³/mol. The maximum Gasteiger partial charge on any atom is 0.418 e. The molecule has 0 aliphatic carbocycles. The van der Waals surface area contributed by atoms with Crippen molar-refractivity contribution in [1.29, 1.82) is 0 Å². The molecule has 2 aromatic rings. The van der Waals surface area contributed by atoms with Crippen molar-refractivity contribution in [2.24, 2.45) is 0 Å². The van der Waals surface area contributed by atoms with E-state index in [0.717, 1.165) is 24.3 Å². The molecule has 0 radical (unpaired) electrons. The minimum Gasteiger partial charge on any atom is -0.480 e. The lowest BCUT2D eigenvalue weighted by molar-refractivity contribution is -0.163. The average Bonchev–Trinajstić information content (AvgIpc) is 2.92. The summed E-state index contributed by atoms with van der Waals surface area (Å²) in [6.45, 7) is 2.06. The van der Waals surface area contributed by atoms with Gasteiger partial charge in [0.25, 0.3) is 0 Å². The Morgan fingerprint density at radius 1 is 0.976 bits per heavy atom. The summed E-state index contributed by atoms with van der Waals surface area (Å²) in [5.41, 5.74) is -3.84. The van der Waals surface area contributed by atoms with E-state index in [1.165, 1.54) is 11.0 Å². The van der Waals surface area contributed by atoms with Crippen LogP contribution in [0.5, 0.6) is 0 Å². The quantitative estimate of drug-likeness (QED) is 0.290. The topological polar surface area (TPSA) is 82.1 Å². The number of hydrogen-bond donors (Lipinski definition) is 2. The lowest BCUT2D eigenvalue weighted by Crippen LogP contribution is -2.41. The van der Waals surface area contributed by atoms with Crippen molar-refractivity contribution in [3.63, 3.8) is 0 Å². The van der Waals surface area contributed by atoms with E-state index in [-0.39, 0.29) is 38.9 Å². The summed E-state index contributed by atoms with van der Waals surface area (Å²) in [4.78, 5) is 26.1. The third-order valence-electron chi connectivity index (χ3n) is 6.87. The number of alkyl halides is 6. The summed E-state index contributed by atoms with van der Waals surface area (Å²) in [5.74, 6) is -1.53. The third-order valence-corrected chi connectivity index (χ3v) is 7.92. The van der Waals surface area contributed by atoms with Gasteiger partial charge in [-0.3, -0.25) is 14.5 Å². The first-order chi connectivity index (χ1) is 19.8. The second kappa shape index (κ2) is 13.4. The zero-order chi connectivity index (χ0) is 30.5. The molecule has 2 aromatic carbocycles. The summed E-state index contributed by atoms with van der Waals surface area (Å²) in [6, 6.07) is 8.31. The number of halogens is 6. The van der Waals surface area contributed by atoms with Gasteiger partial charge in [0.15, 0.2) is 0 Å². The van der Waals surface area contributed by atoms with Crippen LogP contribution in [0.3, 0.4) is 0 Å². The van der Waals surface area contributed by atoms with Crippen molar-refractivity contribution in [2.45, 2.75) is 41.0 Å². The molecule has 2 aliphatic rings. The van der Waals surface area contributed by atoms with Crippen LogP contribution in [-0.2, 0) is 26.7 Å². The molecule has 2 aliphatic heterocycles. The van der Waals surface area contributed by atoms with Crippen LogP contribution in [0.2, 0.25) is 0 Å². The van der Waals surface area contributed by atoms with Crippen LogP contribution in [0.4, 0.5) is 32.0 Å². The van der Waals surface area contributed by atoms with E-state index in [9.17, 15) is 35.9 Å². The number of anilines is 1. The van der Waals surface area contributed by atoms with E-state index in [1.54, 1.807) is 23.1 Å². The van der Waals surface area contributed by atoms with Gasteiger partial charge in [-0.2, -0.15) is 26.3 Å². The fourth-order valence-corrected chi connectivity index (χ4v) is 5.94. The predicted octanol–water partition coefficient (Wildman–Crippen LogP) is 5.71. The number of benzene rings is 2. The Morgan fingerprint density at radius 3 is 2.26 bits per heavy atom. The highest BCUT2D eigenvalue weighted by Crippen LogP contribution is 2.48. The lowest BCUT2D eigenvalue weighted by atomic mass is 9.99. The summed E-state index contributed by atoms with van der Waals surface area (Å²) in [5, 5.41) is 12.2. The molecule has 2 saturated heterocycles. The minimum absolute atomic E-state index is 0.00380. The van der Waals surface area contributed by atoms with Crippen LogP contribution >= 0.6 is 11.8 Å². The van der Waals surface area contributed by atoms with Crippen LogP contribution in [0.1, 0.15) is 29.5 Å². The molecule has 2 fully saturated rings. The van der Waals surface area contributed by atoms with E-state index in [0.29, 0.717) is 48.3 Å². The molecule has 0 aromatic heterocycles. The smallest absolute Gasteiger partial charge is 0.418 e. The number of likely N-dealkylation sites (tertiary alicyclic amines) is 1. The van der Waals surface area contributed by atoms with Crippen molar-refractivity contribution < 1.29 is 45.8 Å². The summed E-state index contributed by atoms with van der Waals surface area (Å²) in [7, 11) is 0. The van der Waals surface area contributed by atoms with Gasteiger partial charge in [-0.1, -0.05) is 23.9 Å². The van der Waals surface area contributed by atoms with Gasteiger partial charge in [-0.15, -0.1) is 0 Å². The number of nitrogens with zero attached hydrogens (tertiary/aromatic N) is 2. The number of ether oxygens (including phenoxy) is 1. The highest BCUT2D eigenvalue weighted by molar-refractivity contribution is 7.99. The zero-order valence-electron chi connectivity index (χ0n) is 22.3. The molecule has 14 heteroatoms. The van der Waals surface area contributed by atoms with Crippen LogP contribution in [-0.4, -0.2) is 78.8 Å². The van der Waals surface area contributed by atoms with Crippen LogP contribution in [0, 0.1) is 0 Å². The molecule has 1 amide bonds. The van der Waals surface area contributed by atoms with Crippen molar-refractivity contribution in [2.75, 3.05) is 51.3 Å². The lowest BCUT2D eigenvalue weighted by Gasteiger charge is -2.31. The molecule has 0 atom stereocenters. The van der Waals surface area contributed by atoms with Gasteiger partial charge in [0.2, 0.25) is 5.91 Å². The second-order valence-corrected chi connectivity index (χ2v) is 11.0. The Labute approximate surface area is 242 Å². The van der Waals surface area contributed by atoms with Gasteiger partial charge < -0.3 is 20.1 Å². The zero-order valence-corrected chi connectivity index (χ0v) is 23.1. The highest BCUT2D eigenvalue weighted by atomic mass is 32.2. The van der Waals surface area contributed by atoms with E-state index in [4.69, 9.17) is 9.84 Å². The molecule has 228 valence electrons. The molecule has 2 N–H and O–H groups in total. The first kappa shape index (κ1) is 31.7. The van der Waals surface area contributed by atoms with Gasteiger partial charge in [-0.25, -0.2) is 0 Å². The molecular weight excluding hydrogens is 588 g/mol. The number of rotatable bonds is 8. The fourth-order valence-electron chi connectivity index (χ4n) is 4.90. The Hall–Kier alpha value is -3.23. The highest BCUT2D eigenvalue weighted by Gasteiger charge is 2.46. The Morgan fingerprint density at radius 2 is 1.64 bits per heavy atom. The van der Waals surface area contributed by atoms with Gasteiger partial charge in [-0.05, 0) is 48.7 Å². The van der Waals surface area contributed by atoms with Crippen molar-refractivity contribution in [3.8, 4) is 0 Å². The first-order valence-corrected chi connectivity index (χ1v) is 14.0. The average molecular weight is 618 g/mol. The number of aliphatic carboxylic acids is 1. The molecule has 0 unspecified atom stereocenters. The van der Waals surface area contributed by atoms with Crippen molar-refractivity contribution in [3.05, 3.63) is 59.2 Å². The molecule has 7 nitrogen and oxygen atoms in total. The molecule has 0 bridgehead atoms. The number of carboxylic acids is 1. The number of piperidine rings is 1. The van der Waals surface area contributed by atoms with Gasteiger partial charge in [0, 0.05) is 53.8 Å². The second-order valence-electron chi connectivity index (χ2n) is 9.89. The van der Waals surface area contributed by atoms with Gasteiger partial charge in [0.05, 0.1) is 30.9 Å². The van der Waals surface area contributed by atoms with Crippen molar-refractivity contribution in [1.82, 2.24) is 9.80 Å². The standard InChI is InChI=1S/C28H29F6N3O4S/c29-27(30,31)25-18(5-7-23(38)37-12-14-41-15-13-37)4-6-22(26(25)28(32,33)34)42-21-3-1-2-20(16-21)35-19-8-10-36(11-9-19)17-24(39)40/h1-7,16,19,35H,8-15,17H2,(H,39,40)/b7-5+. The fraction of sp³-hybridized carbons (Fsp3) is 0.429. The van der Waals surface area contributed by atoms with Gasteiger partial charge in [0.1, 0.15) is 0 Å². The molecular formula is C28H29F6N3O4S. The Balaban J connectivity index is 1.57. The minimum atomic E-state index is -5.35. The van der Waals surface area contributed by atoms with E-state index in [1.807, 2.05) is 0 Å². The first-order valence-electron chi connectivity index (χ1n) is 13.2.